The Morgan fingerprint density at radius 3 is 2.16 bits per heavy atom. The number of hydrogen-bond acceptors (Lipinski definition) is 2. The molecule has 0 radical (unpaired) electrons. The quantitative estimate of drug-likeness (QED) is 0.810. The van der Waals surface area contributed by atoms with Crippen LogP contribution < -0.4 is 0 Å². The Hall–Kier alpha value is -1.62. The van der Waals surface area contributed by atoms with Crippen molar-refractivity contribution < 1.29 is 4.79 Å². The zero-order valence-electron chi connectivity index (χ0n) is 11.7. The monoisotopic (exact) mass is 255 g/mol. The molecular formula is C17H21NO. The van der Waals surface area contributed by atoms with Gasteiger partial charge in [0.1, 0.15) is 5.92 Å². The maximum atomic E-state index is 12.4. The number of rotatable bonds is 4. The largest absolute Gasteiger partial charge is 0.298 e. The van der Waals surface area contributed by atoms with E-state index in [0.29, 0.717) is 5.92 Å². The number of ketones is 1. The van der Waals surface area contributed by atoms with E-state index in [1.54, 1.807) is 0 Å². The summed E-state index contributed by atoms with van der Waals surface area (Å²) < 4.78 is 0. The van der Waals surface area contributed by atoms with Gasteiger partial charge in [0, 0.05) is 5.92 Å². The molecule has 1 unspecified atom stereocenters. The third-order valence-corrected chi connectivity index (χ3v) is 4.11. The smallest absolute Gasteiger partial charge is 0.157 e. The van der Waals surface area contributed by atoms with E-state index in [9.17, 15) is 10.1 Å². The van der Waals surface area contributed by atoms with Gasteiger partial charge in [-0.25, -0.2) is 0 Å². The maximum Gasteiger partial charge on any atom is 0.157 e. The predicted molar refractivity (Wildman–Crippen MR) is 75.9 cm³/mol. The molecule has 0 N–H and O–H groups in total. The molecule has 19 heavy (non-hydrogen) atoms. The molecule has 1 saturated carbocycles. The van der Waals surface area contributed by atoms with Gasteiger partial charge in [-0.15, -0.1) is 0 Å². The summed E-state index contributed by atoms with van der Waals surface area (Å²) in [7, 11) is 0. The highest BCUT2D eigenvalue weighted by Gasteiger charge is 2.30. The molecule has 2 rings (SSSR count). The fourth-order valence-electron chi connectivity index (χ4n) is 2.82. The highest BCUT2D eigenvalue weighted by molar-refractivity contribution is 5.90. The number of hydrogen-bond donors (Lipinski definition) is 0. The van der Waals surface area contributed by atoms with Crippen molar-refractivity contribution >= 4 is 5.78 Å². The van der Waals surface area contributed by atoms with E-state index in [4.69, 9.17) is 0 Å². The van der Waals surface area contributed by atoms with Crippen LogP contribution in [0, 0.1) is 17.2 Å². The van der Waals surface area contributed by atoms with E-state index < -0.39 is 5.92 Å². The molecule has 1 aromatic rings. The molecular weight excluding hydrogens is 234 g/mol. The molecule has 0 heterocycles. The Kier molecular flexibility index (Phi) is 4.37. The highest BCUT2D eigenvalue weighted by atomic mass is 16.1. The summed E-state index contributed by atoms with van der Waals surface area (Å²) in [4.78, 5) is 12.4. The summed E-state index contributed by atoms with van der Waals surface area (Å²) in [5.41, 5.74) is 2.09. The van der Waals surface area contributed by atoms with E-state index in [-0.39, 0.29) is 11.7 Å². The lowest BCUT2D eigenvalue weighted by atomic mass is 9.86. The van der Waals surface area contributed by atoms with Crippen LogP contribution >= 0.6 is 0 Å². The molecule has 2 heteroatoms. The molecule has 0 bridgehead atoms. The van der Waals surface area contributed by atoms with Crippen molar-refractivity contribution in [2.75, 3.05) is 0 Å². The molecule has 0 aliphatic heterocycles. The van der Waals surface area contributed by atoms with Crippen LogP contribution in [0.25, 0.3) is 0 Å². The van der Waals surface area contributed by atoms with Crippen molar-refractivity contribution in [1.82, 2.24) is 0 Å². The SMILES string of the molecule is CC(C)c1ccc(C(C#N)C(=O)C2CCCC2)cc1. The van der Waals surface area contributed by atoms with Gasteiger partial charge in [0.25, 0.3) is 0 Å². The summed E-state index contributed by atoms with van der Waals surface area (Å²) in [6.45, 7) is 4.28. The standard InChI is InChI=1S/C17H21NO/c1-12(2)13-7-9-14(10-8-13)16(11-18)17(19)15-5-3-4-6-15/h7-10,12,15-16H,3-6H2,1-2H3. The van der Waals surface area contributed by atoms with Crippen LogP contribution in [0.15, 0.2) is 24.3 Å². The fraction of sp³-hybridized carbons (Fsp3) is 0.529. The average Bonchev–Trinajstić information content (AvgIpc) is 2.94. The van der Waals surface area contributed by atoms with Gasteiger partial charge in [0.05, 0.1) is 6.07 Å². The second-order valence-electron chi connectivity index (χ2n) is 5.77. The van der Waals surface area contributed by atoms with Crippen LogP contribution in [0.5, 0.6) is 0 Å². The first kappa shape index (κ1) is 13.8. The predicted octanol–water partition coefficient (Wildman–Crippen LogP) is 4.18. The van der Waals surface area contributed by atoms with Gasteiger partial charge in [0.15, 0.2) is 5.78 Å². The number of nitrogens with zero attached hydrogens (tertiary/aromatic N) is 1. The van der Waals surface area contributed by atoms with Crippen molar-refractivity contribution in [1.29, 1.82) is 5.26 Å². The van der Waals surface area contributed by atoms with Crippen LogP contribution in [-0.2, 0) is 4.79 Å². The molecule has 1 aromatic carbocycles. The molecule has 0 saturated heterocycles. The van der Waals surface area contributed by atoms with Crippen molar-refractivity contribution in [3.63, 3.8) is 0 Å². The summed E-state index contributed by atoms with van der Waals surface area (Å²) in [5.74, 6) is 0.121. The van der Waals surface area contributed by atoms with Crippen LogP contribution in [0.2, 0.25) is 0 Å². The van der Waals surface area contributed by atoms with Gasteiger partial charge in [0.2, 0.25) is 0 Å². The van der Waals surface area contributed by atoms with Crippen molar-refractivity contribution in [3.8, 4) is 6.07 Å². The summed E-state index contributed by atoms with van der Waals surface area (Å²) in [5, 5.41) is 9.32. The average molecular weight is 255 g/mol. The molecule has 2 nitrogen and oxygen atoms in total. The Morgan fingerprint density at radius 1 is 1.16 bits per heavy atom. The third kappa shape index (κ3) is 3.04. The van der Waals surface area contributed by atoms with Crippen LogP contribution in [0.1, 0.15) is 62.5 Å². The first-order valence-electron chi connectivity index (χ1n) is 7.16. The van der Waals surface area contributed by atoms with Gasteiger partial charge in [-0.1, -0.05) is 51.0 Å². The second kappa shape index (κ2) is 6.02. The molecule has 0 aromatic heterocycles. The van der Waals surface area contributed by atoms with E-state index in [2.05, 4.69) is 19.9 Å². The van der Waals surface area contributed by atoms with Gasteiger partial charge in [-0.2, -0.15) is 5.26 Å². The third-order valence-electron chi connectivity index (χ3n) is 4.11. The summed E-state index contributed by atoms with van der Waals surface area (Å²) in [6.07, 6.45) is 4.17. The first-order chi connectivity index (χ1) is 9.13. The Morgan fingerprint density at radius 2 is 1.68 bits per heavy atom. The van der Waals surface area contributed by atoms with Gasteiger partial charge in [-0.3, -0.25) is 4.79 Å². The number of carbonyl (C=O) groups excluding carboxylic acids is 1. The zero-order valence-corrected chi connectivity index (χ0v) is 11.7. The fourth-order valence-corrected chi connectivity index (χ4v) is 2.82. The molecule has 1 atom stereocenters. The molecule has 1 aliphatic rings. The molecule has 1 aliphatic carbocycles. The highest BCUT2D eigenvalue weighted by Crippen LogP contribution is 2.31. The summed E-state index contributed by atoms with van der Waals surface area (Å²) in [6, 6.07) is 10.1. The number of nitriles is 1. The minimum absolute atomic E-state index is 0.106. The number of Topliss-reactive ketones (excluding diaryl/α,β-unsaturated/α-hetero) is 1. The van der Waals surface area contributed by atoms with Crippen molar-refractivity contribution in [2.45, 2.75) is 51.4 Å². The molecule has 0 amide bonds. The van der Waals surface area contributed by atoms with E-state index >= 15 is 0 Å². The van der Waals surface area contributed by atoms with E-state index in [1.165, 1.54) is 5.56 Å². The maximum absolute atomic E-state index is 12.4. The topological polar surface area (TPSA) is 40.9 Å². The van der Waals surface area contributed by atoms with Gasteiger partial charge >= 0.3 is 0 Å². The minimum atomic E-state index is -0.579. The lowest BCUT2D eigenvalue weighted by Crippen LogP contribution is -2.19. The van der Waals surface area contributed by atoms with Crippen LogP contribution in [0.4, 0.5) is 0 Å². The Labute approximate surface area is 115 Å². The Bertz CT molecular complexity index is 475. The van der Waals surface area contributed by atoms with Crippen LogP contribution in [-0.4, -0.2) is 5.78 Å². The minimum Gasteiger partial charge on any atom is -0.298 e. The zero-order chi connectivity index (χ0) is 13.8. The van der Waals surface area contributed by atoms with E-state index in [1.807, 2.05) is 24.3 Å². The van der Waals surface area contributed by atoms with Crippen molar-refractivity contribution in [2.24, 2.45) is 5.92 Å². The van der Waals surface area contributed by atoms with Crippen LogP contribution in [0.3, 0.4) is 0 Å². The normalized spacial score (nSPS) is 17.4. The lowest BCUT2D eigenvalue weighted by Gasteiger charge is -2.14. The number of carbonyl (C=O) groups is 1. The van der Waals surface area contributed by atoms with E-state index in [0.717, 1.165) is 31.2 Å². The van der Waals surface area contributed by atoms with Gasteiger partial charge in [-0.05, 0) is 29.9 Å². The summed E-state index contributed by atoms with van der Waals surface area (Å²) >= 11 is 0. The van der Waals surface area contributed by atoms with Gasteiger partial charge < -0.3 is 0 Å². The second-order valence-corrected chi connectivity index (χ2v) is 5.77. The lowest BCUT2D eigenvalue weighted by molar-refractivity contribution is -0.123. The molecule has 0 spiro atoms. The first-order valence-corrected chi connectivity index (χ1v) is 7.16. The molecule has 100 valence electrons. The number of benzene rings is 1. The Balaban J connectivity index is 2.17. The van der Waals surface area contributed by atoms with Crippen molar-refractivity contribution in [3.05, 3.63) is 35.4 Å². The molecule has 1 fully saturated rings.